The second kappa shape index (κ2) is 5.57. The van der Waals surface area contributed by atoms with Crippen molar-refractivity contribution in [1.82, 2.24) is 15.0 Å². The van der Waals surface area contributed by atoms with E-state index < -0.39 is 0 Å². The molecule has 0 saturated heterocycles. The van der Waals surface area contributed by atoms with Crippen LogP contribution in [-0.4, -0.2) is 21.2 Å². The summed E-state index contributed by atoms with van der Waals surface area (Å²) >= 11 is 1.64. The first-order valence-corrected chi connectivity index (χ1v) is 7.53. The molecule has 6 heteroatoms. The first-order valence-electron chi connectivity index (χ1n) is 6.30. The summed E-state index contributed by atoms with van der Waals surface area (Å²) in [7, 11) is 0. The molecular formula is C15H13FN4S. The fraction of sp³-hybridized carbons (Fsp3) is 0.0667. The summed E-state index contributed by atoms with van der Waals surface area (Å²) < 4.78 is 14.6. The zero-order valence-electron chi connectivity index (χ0n) is 11.3. The molecule has 0 fully saturated rings. The van der Waals surface area contributed by atoms with Crippen LogP contribution in [0, 0.1) is 5.82 Å². The summed E-state index contributed by atoms with van der Waals surface area (Å²) in [6.45, 7) is 0. The third-order valence-electron chi connectivity index (χ3n) is 3.12. The number of nitrogens with two attached hydrogens (primary N) is 1. The van der Waals surface area contributed by atoms with Gasteiger partial charge in [-0.25, -0.2) is 4.39 Å². The topological polar surface area (TPSA) is 56.7 Å². The van der Waals surface area contributed by atoms with Gasteiger partial charge < -0.3 is 5.73 Å². The summed E-state index contributed by atoms with van der Waals surface area (Å²) in [5.74, 6) is 0.136. The molecule has 0 aliphatic heterocycles. The molecule has 3 aromatic rings. The molecule has 0 spiro atoms. The van der Waals surface area contributed by atoms with Gasteiger partial charge >= 0.3 is 0 Å². The molecule has 0 aliphatic carbocycles. The van der Waals surface area contributed by atoms with E-state index in [4.69, 9.17) is 5.73 Å². The zero-order valence-corrected chi connectivity index (χ0v) is 12.1. The van der Waals surface area contributed by atoms with Gasteiger partial charge in [-0.15, -0.1) is 16.9 Å². The number of aromatic nitrogens is 3. The number of benzene rings is 2. The maximum Gasteiger partial charge on any atom is 0.155 e. The average molecular weight is 300 g/mol. The fourth-order valence-electron chi connectivity index (χ4n) is 2.04. The van der Waals surface area contributed by atoms with Gasteiger partial charge in [0.05, 0.1) is 5.69 Å². The Bertz CT molecular complexity index is 768. The second-order valence-corrected chi connectivity index (χ2v) is 5.32. The van der Waals surface area contributed by atoms with E-state index in [1.165, 1.54) is 12.1 Å². The average Bonchev–Trinajstić information content (AvgIpc) is 2.90. The SMILES string of the molecule is CSc1cccc(-n2nnc(-c3ccc(F)cc3)c2N)c1. The quantitative estimate of drug-likeness (QED) is 0.753. The maximum atomic E-state index is 13.0. The maximum absolute atomic E-state index is 13.0. The van der Waals surface area contributed by atoms with Crippen LogP contribution < -0.4 is 5.73 Å². The van der Waals surface area contributed by atoms with Crippen LogP contribution >= 0.6 is 11.8 Å². The van der Waals surface area contributed by atoms with Gasteiger partial charge in [-0.2, -0.15) is 4.68 Å². The first kappa shape index (κ1) is 13.6. The number of thioether (sulfide) groups is 1. The third kappa shape index (κ3) is 2.62. The van der Waals surface area contributed by atoms with Gasteiger partial charge in [0.2, 0.25) is 0 Å². The Morgan fingerprint density at radius 1 is 1.14 bits per heavy atom. The number of nitrogen functional groups attached to an aromatic ring is 1. The minimum atomic E-state index is -0.294. The summed E-state index contributed by atoms with van der Waals surface area (Å²) in [6, 6.07) is 13.9. The van der Waals surface area contributed by atoms with E-state index in [1.54, 1.807) is 28.6 Å². The van der Waals surface area contributed by atoms with Crippen molar-refractivity contribution >= 4 is 17.6 Å². The predicted octanol–water partition coefficient (Wildman–Crippen LogP) is 3.38. The highest BCUT2D eigenvalue weighted by molar-refractivity contribution is 7.98. The number of halogens is 1. The van der Waals surface area contributed by atoms with Crippen molar-refractivity contribution in [2.45, 2.75) is 4.90 Å². The van der Waals surface area contributed by atoms with Crippen molar-refractivity contribution in [1.29, 1.82) is 0 Å². The fourth-order valence-corrected chi connectivity index (χ4v) is 2.49. The largest absolute Gasteiger partial charge is 0.382 e. The Kier molecular flexibility index (Phi) is 3.62. The third-order valence-corrected chi connectivity index (χ3v) is 3.85. The molecule has 2 N–H and O–H groups in total. The van der Waals surface area contributed by atoms with Gasteiger partial charge in [0, 0.05) is 10.5 Å². The molecule has 0 amide bonds. The molecule has 21 heavy (non-hydrogen) atoms. The van der Waals surface area contributed by atoms with Gasteiger partial charge in [0.25, 0.3) is 0 Å². The van der Waals surface area contributed by atoms with Crippen LogP contribution in [0.3, 0.4) is 0 Å². The van der Waals surface area contributed by atoms with E-state index in [9.17, 15) is 4.39 Å². The molecule has 106 valence electrons. The van der Waals surface area contributed by atoms with Crippen molar-refractivity contribution in [3.8, 4) is 16.9 Å². The lowest BCUT2D eigenvalue weighted by Gasteiger charge is -2.05. The number of nitrogens with zero attached hydrogens (tertiary/aromatic N) is 3. The minimum absolute atomic E-state index is 0.294. The smallest absolute Gasteiger partial charge is 0.155 e. The summed E-state index contributed by atoms with van der Waals surface area (Å²) in [6.07, 6.45) is 2.01. The molecule has 0 saturated carbocycles. The van der Waals surface area contributed by atoms with Gasteiger partial charge in [-0.1, -0.05) is 11.3 Å². The van der Waals surface area contributed by atoms with Gasteiger partial charge in [-0.05, 0) is 48.7 Å². The molecule has 1 heterocycles. The van der Waals surface area contributed by atoms with Crippen LogP contribution in [0.15, 0.2) is 53.4 Å². The van der Waals surface area contributed by atoms with Gasteiger partial charge in [0.1, 0.15) is 11.5 Å². The molecule has 0 unspecified atom stereocenters. The number of anilines is 1. The molecule has 0 bridgehead atoms. The van der Waals surface area contributed by atoms with Crippen molar-refractivity contribution < 1.29 is 4.39 Å². The lowest BCUT2D eigenvalue weighted by atomic mass is 10.1. The van der Waals surface area contributed by atoms with Crippen LogP contribution in [0.5, 0.6) is 0 Å². The summed E-state index contributed by atoms with van der Waals surface area (Å²) in [5.41, 5.74) is 8.26. The second-order valence-electron chi connectivity index (χ2n) is 4.44. The lowest BCUT2D eigenvalue weighted by molar-refractivity contribution is 0.628. The molecule has 0 atom stereocenters. The van der Waals surface area contributed by atoms with Crippen molar-refractivity contribution in [2.24, 2.45) is 0 Å². The standard InChI is InChI=1S/C15H13FN4S/c1-21-13-4-2-3-12(9-13)20-15(17)14(18-19-20)10-5-7-11(16)8-6-10/h2-9H,17H2,1H3. The molecule has 0 radical (unpaired) electrons. The van der Waals surface area contributed by atoms with Gasteiger partial charge in [0.15, 0.2) is 5.82 Å². The zero-order chi connectivity index (χ0) is 14.8. The summed E-state index contributed by atoms with van der Waals surface area (Å²) in [4.78, 5) is 1.12. The number of rotatable bonds is 3. The first-order chi connectivity index (χ1) is 10.2. The lowest BCUT2D eigenvalue weighted by Crippen LogP contribution is -2.02. The number of hydrogen-bond acceptors (Lipinski definition) is 4. The highest BCUT2D eigenvalue weighted by atomic mass is 32.2. The van der Waals surface area contributed by atoms with E-state index in [0.717, 1.165) is 16.1 Å². The molecular weight excluding hydrogens is 287 g/mol. The highest BCUT2D eigenvalue weighted by Crippen LogP contribution is 2.26. The van der Waals surface area contributed by atoms with E-state index in [0.29, 0.717) is 11.5 Å². The molecule has 2 aromatic carbocycles. The van der Waals surface area contributed by atoms with Crippen molar-refractivity contribution in [3.63, 3.8) is 0 Å². The Morgan fingerprint density at radius 3 is 2.62 bits per heavy atom. The Balaban J connectivity index is 2.04. The number of hydrogen-bond donors (Lipinski definition) is 1. The Labute approximate surface area is 125 Å². The van der Waals surface area contributed by atoms with E-state index in [-0.39, 0.29) is 5.82 Å². The van der Waals surface area contributed by atoms with E-state index in [2.05, 4.69) is 10.3 Å². The van der Waals surface area contributed by atoms with Crippen LogP contribution in [-0.2, 0) is 0 Å². The van der Waals surface area contributed by atoms with Crippen molar-refractivity contribution in [2.75, 3.05) is 12.0 Å². The Hall–Kier alpha value is -2.34. The van der Waals surface area contributed by atoms with E-state index in [1.807, 2.05) is 30.5 Å². The van der Waals surface area contributed by atoms with Crippen LogP contribution in [0.25, 0.3) is 16.9 Å². The molecule has 0 aliphatic rings. The Morgan fingerprint density at radius 2 is 1.90 bits per heavy atom. The molecule has 4 nitrogen and oxygen atoms in total. The molecule has 3 rings (SSSR count). The van der Waals surface area contributed by atoms with E-state index >= 15 is 0 Å². The summed E-state index contributed by atoms with van der Waals surface area (Å²) in [5, 5.41) is 8.21. The van der Waals surface area contributed by atoms with Crippen LogP contribution in [0.1, 0.15) is 0 Å². The van der Waals surface area contributed by atoms with Crippen LogP contribution in [0.2, 0.25) is 0 Å². The normalized spacial score (nSPS) is 10.8. The minimum Gasteiger partial charge on any atom is -0.382 e. The predicted molar refractivity (Wildman–Crippen MR) is 82.9 cm³/mol. The highest BCUT2D eigenvalue weighted by Gasteiger charge is 2.13. The van der Waals surface area contributed by atoms with Crippen LogP contribution in [0.4, 0.5) is 10.2 Å². The monoisotopic (exact) mass is 300 g/mol. The van der Waals surface area contributed by atoms with Gasteiger partial charge in [-0.3, -0.25) is 0 Å². The van der Waals surface area contributed by atoms with Crippen molar-refractivity contribution in [3.05, 3.63) is 54.3 Å². The molecule has 1 aromatic heterocycles.